The summed E-state index contributed by atoms with van der Waals surface area (Å²) in [5, 5.41) is 5.56. The first-order valence-electron chi connectivity index (χ1n) is 13.0. The van der Waals surface area contributed by atoms with Crippen LogP contribution in [0.25, 0.3) is 0 Å². The standard InChI is InChI=1S/C28H30N8O6/c1-17-15-35(27(41)32-25(17)39)12-10-23(37)30-20-6-4-19(5-7-20)29-14-21-8-9-22(34(21)3)31-24(38)11-13-36-16-18(2)26(40)33-28(36)42/h4-9,14-16H,10-13H2,1-3H3,(H,30,37)(H,31,38)(H,32,39,41)(H,33,40,42)/b29-14+. The second kappa shape index (κ2) is 12.8. The number of rotatable bonds is 10. The first kappa shape index (κ1) is 29.5. The SMILES string of the molecule is Cc1cn(CCC(=O)Nc2ccc(/N=C/c3ccc(NC(=O)CCn4cc(C)c(=O)[nH]c4=O)n3C)cc2)c(=O)[nH]c1=O. The van der Waals surface area contributed by atoms with Crippen molar-refractivity contribution in [2.24, 2.45) is 12.0 Å². The molecule has 0 saturated carbocycles. The van der Waals surface area contributed by atoms with Gasteiger partial charge in [-0.3, -0.25) is 43.3 Å². The molecule has 14 heteroatoms. The molecule has 0 spiro atoms. The number of nitrogens with one attached hydrogen (secondary N) is 4. The molecule has 4 N–H and O–H groups in total. The molecule has 0 fully saturated rings. The lowest BCUT2D eigenvalue weighted by molar-refractivity contribution is -0.117. The predicted molar refractivity (Wildman–Crippen MR) is 158 cm³/mol. The monoisotopic (exact) mass is 574 g/mol. The van der Waals surface area contributed by atoms with E-state index in [4.69, 9.17) is 0 Å². The van der Waals surface area contributed by atoms with Gasteiger partial charge in [-0.1, -0.05) is 0 Å². The molecule has 0 aliphatic heterocycles. The van der Waals surface area contributed by atoms with E-state index in [1.54, 1.807) is 68.1 Å². The molecule has 0 atom stereocenters. The molecule has 4 aromatic rings. The van der Waals surface area contributed by atoms with Crippen molar-refractivity contribution in [1.82, 2.24) is 23.7 Å². The summed E-state index contributed by atoms with van der Waals surface area (Å²) in [6.07, 6.45) is 4.56. The third kappa shape index (κ3) is 7.35. The Bertz CT molecular complexity index is 1890. The Balaban J connectivity index is 1.29. The van der Waals surface area contributed by atoms with Gasteiger partial charge in [-0.25, -0.2) is 9.59 Å². The number of aryl methyl sites for hydroxylation is 4. The van der Waals surface area contributed by atoms with Gasteiger partial charge < -0.3 is 15.2 Å². The van der Waals surface area contributed by atoms with E-state index >= 15 is 0 Å². The topological polar surface area (TPSA) is 185 Å². The van der Waals surface area contributed by atoms with Crippen molar-refractivity contribution in [3.8, 4) is 0 Å². The summed E-state index contributed by atoms with van der Waals surface area (Å²) in [6, 6.07) is 10.4. The summed E-state index contributed by atoms with van der Waals surface area (Å²) in [5.74, 6) is -0.0426. The molecule has 0 radical (unpaired) electrons. The maximum absolute atomic E-state index is 12.4. The van der Waals surface area contributed by atoms with Crippen LogP contribution in [0.4, 0.5) is 17.2 Å². The average molecular weight is 575 g/mol. The summed E-state index contributed by atoms with van der Waals surface area (Å²) in [7, 11) is 1.77. The van der Waals surface area contributed by atoms with Gasteiger partial charge in [-0.15, -0.1) is 0 Å². The number of aliphatic imine (C=N–C) groups is 1. The van der Waals surface area contributed by atoms with E-state index in [9.17, 15) is 28.8 Å². The van der Waals surface area contributed by atoms with Crippen molar-refractivity contribution in [2.45, 2.75) is 39.8 Å². The molecule has 3 aromatic heterocycles. The van der Waals surface area contributed by atoms with E-state index < -0.39 is 22.5 Å². The number of benzene rings is 1. The molecule has 14 nitrogen and oxygen atoms in total. The lowest BCUT2D eigenvalue weighted by Gasteiger charge is -2.09. The number of aromatic nitrogens is 5. The summed E-state index contributed by atoms with van der Waals surface area (Å²) >= 11 is 0. The third-order valence-corrected chi connectivity index (χ3v) is 6.46. The minimum atomic E-state index is -0.568. The van der Waals surface area contributed by atoms with Crippen molar-refractivity contribution in [3.05, 3.63) is 107 Å². The molecule has 3 heterocycles. The Morgan fingerprint density at radius 2 is 1.31 bits per heavy atom. The van der Waals surface area contributed by atoms with Crippen LogP contribution in [0.3, 0.4) is 0 Å². The van der Waals surface area contributed by atoms with Gasteiger partial charge in [0.1, 0.15) is 5.82 Å². The van der Waals surface area contributed by atoms with Crippen molar-refractivity contribution >= 4 is 35.2 Å². The Hall–Kier alpha value is -5.53. The van der Waals surface area contributed by atoms with Crippen LogP contribution in [-0.4, -0.2) is 41.7 Å². The number of anilines is 2. The molecule has 2 amide bonds. The van der Waals surface area contributed by atoms with Gasteiger partial charge in [0.25, 0.3) is 11.1 Å². The van der Waals surface area contributed by atoms with Crippen LogP contribution >= 0.6 is 0 Å². The number of hydrogen-bond donors (Lipinski definition) is 4. The molecule has 218 valence electrons. The average Bonchev–Trinajstić information content (AvgIpc) is 3.29. The van der Waals surface area contributed by atoms with E-state index in [2.05, 4.69) is 25.6 Å². The molecule has 0 saturated heterocycles. The zero-order valence-electron chi connectivity index (χ0n) is 23.3. The van der Waals surface area contributed by atoms with E-state index in [-0.39, 0.29) is 37.7 Å². The zero-order chi connectivity index (χ0) is 30.4. The van der Waals surface area contributed by atoms with Gasteiger partial charge in [-0.2, -0.15) is 0 Å². The van der Waals surface area contributed by atoms with Gasteiger partial charge in [0.05, 0.1) is 17.6 Å². The number of nitrogens with zero attached hydrogens (tertiary/aromatic N) is 4. The van der Waals surface area contributed by atoms with Gasteiger partial charge in [0.2, 0.25) is 11.8 Å². The van der Waals surface area contributed by atoms with Crippen LogP contribution in [0.15, 0.2) is 73.0 Å². The van der Waals surface area contributed by atoms with Crippen LogP contribution < -0.4 is 33.1 Å². The van der Waals surface area contributed by atoms with E-state index in [1.165, 1.54) is 21.5 Å². The molecular formula is C28H30N8O6. The first-order chi connectivity index (χ1) is 20.0. The first-order valence-corrected chi connectivity index (χ1v) is 13.0. The van der Waals surface area contributed by atoms with Crippen LogP contribution in [0.2, 0.25) is 0 Å². The molecule has 0 bridgehead atoms. The highest BCUT2D eigenvalue weighted by molar-refractivity contribution is 5.92. The second-order valence-electron chi connectivity index (χ2n) is 9.63. The number of carbonyl (C=O) groups is 2. The molecule has 4 rings (SSSR count). The number of H-pyrrole nitrogens is 2. The molecule has 1 aromatic carbocycles. The number of aromatic amines is 2. The van der Waals surface area contributed by atoms with Crippen molar-refractivity contribution in [3.63, 3.8) is 0 Å². The number of carbonyl (C=O) groups excluding carboxylic acids is 2. The van der Waals surface area contributed by atoms with Gasteiger partial charge >= 0.3 is 11.4 Å². The van der Waals surface area contributed by atoms with Crippen LogP contribution in [0.1, 0.15) is 29.7 Å². The fourth-order valence-electron chi connectivity index (χ4n) is 4.00. The van der Waals surface area contributed by atoms with E-state index in [0.717, 1.165) is 5.69 Å². The molecular weight excluding hydrogens is 544 g/mol. The normalized spacial score (nSPS) is 11.1. The maximum Gasteiger partial charge on any atom is 0.328 e. The zero-order valence-corrected chi connectivity index (χ0v) is 23.3. The fourth-order valence-corrected chi connectivity index (χ4v) is 4.00. The third-order valence-electron chi connectivity index (χ3n) is 6.46. The highest BCUT2D eigenvalue weighted by Crippen LogP contribution is 2.18. The smallest absolute Gasteiger partial charge is 0.328 e. The highest BCUT2D eigenvalue weighted by atomic mass is 16.2. The lowest BCUT2D eigenvalue weighted by atomic mass is 10.2. The quantitative estimate of drug-likeness (QED) is 0.206. The summed E-state index contributed by atoms with van der Waals surface area (Å²) in [6.45, 7) is 3.41. The summed E-state index contributed by atoms with van der Waals surface area (Å²) in [4.78, 5) is 80.4. The Morgan fingerprint density at radius 3 is 1.86 bits per heavy atom. The highest BCUT2D eigenvalue weighted by Gasteiger charge is 2.10. The number of hydrogen-bond acceptors (Lipinski definition) is 7. The minimum absolute atomic E-state index is 0.0359. The van der Waals surface area contributed by atoms with Crippen LogP contribution in [-0.2, 0) is 29.7 Å². The lowest BCUT2D eigenvalue weighted by Crippen LogP contribution is -2.31. The van der Waals surface area contributed by atoms with Crippen LogP contribution in [0.5, 0.6) is 0 Å². The molecule has 0 unspecified atom stereocenters. The summed E-state index contributed by atoms with van der Waals surface area (Å²) in [5.41, 5.74) is 0.656. The Morgan fingerprint density at radius 1 is 0.786 bits per heavy atom. The van der Waals surface area contributed by atoms with Gasteiger partial charge in [0, 0.05) is 62.2 Å². The van der Waals surface area contributed by atoms with E-state index in [0.29, 0.717) is 28.3 Å². The predicted octanol–water partition coefficient (Wildman–Crippen LogP) is 1.15. The van der Waals surface area contributed by atoms with Crippen molar-refractivity contribution in [2.75, 3.05) is 10.6 Å². The molecule has 0 aliphatic rings. The van der Waals surface area contributed by atoms with Gasteiger partial charge in [-0.05, 0) is 50.2 Å². The van der Waals surface area contributed by atoms with Crippen LogP contribution in [0, 0.1) is 13.8 Å². The van der Waals surface area contributed by atoms with Gasteiger partial charge in [0.15, 0.2) is 0 Å². The Kier molecular flexibility index (Phi) is 8.95. The summed E-state index contributed by atoms with van der Waals surface area (Å²) < 4.78 is 4.32. The largest absolute Gasteiger partial charge is 0.330 e. The molecule has 42 heavy (non-hydrogen) atoms. The van der Waals surface area contributed by atoms with Crippen molar-refractivity contribution < 1.29 is 9.59 Å². The minimum Gasteiger partial charge on any atom is -0.330 e. The second-order valence-corrected chi connectivity index (χ2v) is 9.63. The fraction of sp³-hybridized carbons (Fsp3) is 0.250. The maximum atomic E-state index is 12.4. The number of amides is 2. The Labute approximate surface area is 238 Å². The van der Waals surface area contributed by atoms with E-state index in [1.807, 2.05) is 0 Å². The van der Waals surface area contributed by atoms with Crippen molar-refractivity contribution in [1.29, 1.82) is 0 Å². The molecule has 0 aliphatic carbocycles.